The van der Waals surface area contributed by atoms with Gasteiger partial charge in [-0.15, -0.1) is 0 Å². The van der Waals surface area contributed by atoms with E-state index in [-0.39, 0.29) is 5.78 Å². The highest BCUT2D eigenvalue weighted by Gasteiger charge is 2.31. The van der Waals surface area contributed by atoms with Crippen molar-refractivity contribution in [1.82, 2.24) is 0 Å². The minimum Gasteiger partial charge on any atom is -0.497 e. The minimum absolute atomic E-state index is 0.199. The Morgan fingerprint density at radius 3 is 2.42 bits per heavy atom. The molecule has 134 valence electrons. The van der Waals surface area contributed by atoms with Gasteiger partial charge in [-0.25, -0.2) is 0 Å². The molecule has 26 heavy (non-hydrogen) atoms. The number of ketones is 1. The molecule has 1 atom stereocenters. The van der Waals surface area contributed by atoms with Crippen molar-refractivity contribution in [2.24, 2.45) is 0 Å². The first-order valence-corrected chi connectivity index (χ1v) is 8.38. The second-order valence-electron chi connectivity index (χ2n) is 5.88. The Labute approximate surface area is 151 Å². The molecular weight excluding hydrogens is 332 g/mol. The van der Waals surface area contributed by atoms with Crippen molar-refractivity contribution in [3.05, 3.63) is 65.4 Å². The fourth-order valence-corrected chi connectivity index (χ4v) is 3.04. The zero-order valence-electron chi connectivity index (χ0n) is 14.9. The summed E-state index contributed by atoms with van der Waals surface area (Å²) in [6.45, 7) is 1.85. The van der Waals surface area contributed by atoms with Crippen LogP contribution < -0.4 is 4.74 Å². The molecule has 0 saturated carbocycles. The van der Waals surface area contributed by atoms with Gasteiger partial charge in [0.25, 0.3) is 0 Å². The number of carbonyl (C=O) groups is 2. The molecule has 0 aliphatic rings. The lowest BCUT2D eigenvalue weighted by atomic mass is 9.93. The van der Waals surface area contributed by atoms with E-state index in [2.05, 4.69) is 0 Å². The van der Waals surface area contributed by atoms with Crippen LogP contribution in [0.15, 0.2) is 52.9 Å². The van der Waals surface area contributed by atoms with Crippen molar-refractivity contribution in [2.75, 3.05) is 14.2 Å². The molecule has 2 aromatic carbocycles. The van der Waals surface area contributed by atoms with Gasteiger partial charge in [0, 0.05) is 10.9 Å². The van der Waals surface area contributed by atoms with Crippen LogP contribution in [0.5, 0.6) is 5.75 Å². The third-order valence-corrected chi connectivity index (χ3v) is 4.40. The zero-order valence-corrected chi connectivity index (χ0v) is 14.9. The Balaban J connectivity index is 2.26. The largest absolute Gasteiger partial charge is 0.497 e. The Hall–Kier alpha value is -3.08. The van der Waals surface area contributed by atoms with E-state index in [4.69, 9.17) is 13.9 Å². The van der Waals surface area contributed by atoms with Crippen molar-refractivity contribution >= 4 is 22.7 Å². The summed E-state index contributed by atoms with van der Waals surface area (Å²) in [6, 6.07) is 14.2. The van der Waals surface area contributed by atoms with E-state index < -0.39 is 11.9 Å². The Morgan fingerprint density at radius 1 is 1.08 bits per heavy atom. The van der Waals surface area contributed by atoms with E-state index in [1.165, 1.54) is 7.11 Å². The first kappa shape index (κ1) is 17.7. The van der Waals surface area contributed by atoms with Gasteiger partial charge in [0.2, 0.25) is 0 Å². The highest BCUT2D eigenvalue weighted by Crippen LogP contribution is 2.36. The van der Waals surface area contributed by atoms with Gasteiger partial charge in [0.15, 0.2) is 5.78 Å². The molecule has 5 heteroatoms. The second kappa shape index (κ2) is 7.44. The number of hydrogen-bond donors (Lipinski definition) is 0. The van der Waals surface area contributed by atoms with Crippen LogP contribution >= 0.6 is 0 Å². The maximum atomic E-state index is 13.2. The fourth-order valence-electron chi connectivity index (χ4n) is 3.04. The molecule has 0 amide bonds. The highest BCUT2D eigenvalue weighted by atomic mass is 16.5. The van der Waals surface area contributed by atoms with E-state index in [9.17, 15) is 9.59 Å². The number of ether oxygens (including phenoxy) is 2. The average molecular weight is 352 g/mol. The summed E-state index contributed by atoms with van der Waals surface area (Å²) in [5, 5.41) is 0.621. The van der Waals surface area contributed by atoms with Crippen LogP contribution in [0.2, 0.25) is 0 Å². The Kier molecular flexibility index (Phi) is 5.07. The molecule has 3 aromatic rings. The second-order valence-corrected chi connectivity index (χ2v) is 5.88. The molecular formula is C21H20O5. The first-order chi connectivity index (χ1) is 12.6. The number of esters is 1. The van der Waals surface area contributed by atoms with Gasteiger partial charge < -0.3 is 13.9 Å². The van der Waals surface area contributed by atoms with Gasteiger partial charge in [-0.05, 0) is 24.6 Å². The quantitative estimate of drug-likeness (QED) is 0.488. The Bertz CT molecular complexity index is 940. The van der Waals surface area contributed by atoms with Crippen molar-refractivity contribution in [2.45, 2.75) is 19.3 Å². The lowest BCUT2D eigenvalue weighted by molar-refractivity contribution is -0.142. The first-order valence-electron chi connectivity index (χ1n) is 8.38. The standard InChI is InChI=1S/C21H20O5/c1-4-15(21(23)25-3)20-18(19(22)13-8-6-5-7-9-13)16-12-14(24-2)10-11-17(16)26-20/h5-12,15H,4H2,1-3H3. The molecule has 0 N–H and O–H groups in total. The van der Waals surface area contributed by atoms with Crippen LogP contribution in [0.4, 0.5) is 0 Å². The number of carbonyl (C=O) groups excluding carboxylic acids is 2. The lowest BCUT2D eigenvalue weighted by Gasteiger charge is -2.11. The fraction of sp³-hybridized carbons (Fsp3) is 0.238. The monoisotopic (exact) mass is 352 g/mol. The number of hydrogen-bond acceptors (Lipinski definition) is 5. The summed E-state index contributed by atoms with van der Waals surface area (Å²) in [7, 11) is 2.89. The van der Waals surface area contributed by atoms with Gasteiger partial charge in [-0.3, -0.25) is 9.59 Å². The molecule has 1 heterocycles. The number of fused-ring (bicyclic) bond motifs is 1. The number of rotatable bonds is 6. The van der Waals surface area contributed by atoms with Gasteiger partial charge in [0.1, 0.15) is 23.0 Å². The lowest BCUT2D eigenvalue weighted by Crippen LogP contribution is -2.16. The molecule has 3 rings (SSSR count). The Morgan fingerprint density at radius 2 is 1.81 bits per heavy atom. The topological polar surface area (TPSA) is 65.7 Å². The van der Waals surface area contributed by atoms with Crippen LogP contribution in [-0.4, -0.2) is 26.0 Å². The van der Waals surface area contributed by atoms with Gasteiger partial charge in [-0.2, -0.15) is 0 Å². The maximum Gasteiger partial charge on any atom is 0.316 e. The van der Waals surface area contributed by atoms with E-state index >= 15 is 0 Å². The van der Waals surface area contributed by atoms with Crippen LogP contribution in [0.1, 0.15) is 40.9 Å². The van der Waals surface area contributed by atoms with Crippen molar-refractivity contribution in [1.29, 1.82) is 0 Å². The number of methoxy groups -OCH3 is 2. The SMILES string of the molecule is CCC(C(=O)OC)c1oc2ccc(OC)cc2c1C(=O)c1ccccc1. The molecule has 0 aliphatic carbocycles. The smallest absolute Gasteiger partial charge is 0.316 e. The van der Waals surface area contributed by atoms with E-state index in [0.717, 1.165) is 0 Å². The van der Waals surface area contributed by atoms with Gasteiger partial charge in [0.05, 0.1) is 19.8 Å². The molecule has 0 spiro atoms. The summed E-state index contributed by atoms with van der Waals surface area (Å²) in [5.74, 6) is -0.341. The predicted octanol–water partition coefficient (Wildman–Crippen LogP) is 4.34. The van der Waals surface area contributed by atoms with E-state index in [1.54, 1.807) is 49.6 Å². The zero-order chi connectivity index (χ0) is 18.7. The van der Waals surface area contributed by atoms with Crippen LogP contribution in [0.3, 0.4) is 0 Å². The van der Waals surface area contributed by atoms with Crippen LogP contribution in [-0.2, 0) is 9.53 Å². The third-order valence-electron chi connectivity index (χ3n) is 4.40. The summed E-state index contributed by atoms with van der Waals surface area (Å²) in [6.07, 6.45) is 0.457. The van der Waals surface area contributed by atoms with Gasteiger partial charge >= 0.3 is 5.97 Å². The molecule has 5 nitrogen and oxygen atoms in total. The molecule has 0 radical (unpaired) electrons. The summed E-state index contributed by atoms with van der Waals surface area (Å²) in [5.41, 5.74) is 1.43. The minimum atomic E-state index is -0.652. The highest BCUT2D eigenvalue weighted by molar-refractivity contribution is 6.17. The van der Waals surface area contributed by atoms with Crippen molar-refractivity contribution in [3.63, 3.8) is 0 Å². The maximum absolute atomic E-state index is 13.2. The molecule has 0 saturated heterocycles. The molecule has 1 aromatic heterocycles. The van der Waals surface area contributed by atoms with Gasteiger partial charge in [-0.1, -0.05) is 37.3 Å². The van der Waals surface area contributed by atoms with Crippen LogP contribution in [0, 0.1) is 0 Å². The van der Waals surface area contributed by atoms with Crippen molar-refractivity contribution < 1.29 is 23.5 Å². The molecule has 0 bridgehead atoms. The number of benzene rings is 2. The summed E-state index contributed by atoms with van der Waals surface area (Å²) >= 11 is 0. The number of furan rings is 1. The summed E-state index contributed by atoms with van der Waals surface area (Å²) in [4.78, 5) is 25.5. The molecule has 0 fully saturated rings. The normalized spacial score (nSPS) is 12.0. The predicted molar refractivity (Wildman–Crippen MR) is 97.7 cm³/mol. The van der Waals surface area contributed by atoms with Crippen molar-refractivity contribution in [3.8, 4) is 5.75 Å². The van der Waals surface area contributed by atoms with E-state index in [1.807, 2.05) is 13.0 Å². The molecule has 0 aliphatic heterocycles. The third kappa shape index (κ3) is 3.08. The van der Waals surface area contributed by atoms with E-state index in [0.29, 0.717) is 40.0 Å². The average Bonchev–Trinajstić information content (AvgIpc) is 3.06. The molecule has 1 unspecified atom stereocenters. The summed E-state index contributed by atoms with van der Waals surface area (Å²) < 4.78 is 16.1. The van der Waals surface area contributed by atoms with Crippen LogP contribution in [0.25, 0.3) is 11.0 Å².